The summed E-state index contributed by atoms with van der Waals surface area (Å²) < 4.78 is 10.7. The van der Waals surface area contributed by atoms with Crippen LogP contribution in [0.4, 0.5) is 0 Å². The van der Waals surface area contributed by atoms with Crippen LogP contribution in [-0.4, -0.2) is 17.0 Å². The predicted molar refractivity (Wildman–Crippen MR) is 38.9 cm³/mol. The van der Waals surface area contributed by atoms with Crippen LogP contribution in [0, 0.1) is 0 Å². The molecule has 8 heavy (non-hydrogen) atoms. The number of ether oxygens (including phenoxy) is 2. The number of hydrogen-bond donors (Lipinski definition) is 0. The first-order valence-corrected chi connectivity index (χ1v) is 3.98. The molecule has 0 radical (unpaired) electrons. The van der Waals surface area contributed by atoms with Crippen molar-refractivity contribution in [2.45, 2.75) is 23.7 Å². The van der Waals surface area contributed by atoms with Gasteiger partial charge in [0.15, 0.2) is 6.29 Å². The molecule has 3 heteroatoms. The van der Waals surface area contributed by atoms with Crippen molar-refractivity contribution in [2.24, 2.45) is 0 Å². The van der Waals surface area contributed by atoms with Crippen LogP contribution < -0.4 is 0 Å². The van der Waals surface area contributed by atoms with Gasteiger partial charge in [-0.25, -0.2) is 0 Å². The summed E-state index contributed by atoms with van der Waals surface area (Å²) in [6, 6.07) is 0. The summed E-state index contributed by atoms with van der Waals surface area (Å²) in [5.41, 5.74) is 0. The predicted octanol–water partition coefficient (Wildman–Crippen LogP) is 1.53. The molecule has 0 saturated carbocycles. The van der Waals surface area contributed by atoms with E-state index in [1.165, 1.54) is 0 Å². The Balaban J connectivity index is 2.22. The van der Waals surface area contributed by atoms with Crippen molar-refractivity contribution in [2.75, 3.05) is 6.61 Å². The van der Waals surface area contributed by atoms with E-state index in [4.69, 9.17) is 9.47 Å². The summed E-state index contributed by atoms with van der Waals surface area (Å²) in [4.78, 5) is 0. The molecule has 1 fully saturated rings. The summed E-state index contributed by atoms with van der Waals surface area (Å²) in [6.07, 6.45) is 1.02. The molecular formula is C5H9IO2. The Morgan fingerprint density at radius 2 is 2.50 bits per heavy atom. The third kappa shape index (κ3) is 1.56. The fourth-order valence-electron chi connectivity index (χ4n) is 0.640. The quantitative estimate of drug-likeness (QED) is 0.500. The Kier molecular flexibility index (Phi) is 2.52. The molecule has 0 aromatic carbocycles. The van der Waals surface area contributed by atoms with Crippen LogP contribution in [0.25, 0.3) is 0 Å². The molecular weight excluding hydrogens is 219 g/mol. The molecule has 2 nitrogen and oxygen atoms in total. The monoisotopic (exact) mass is 228 g/mol. The minimum absolute atomic E-state index is 0.0666. The van der Waals surface area contributed by atoms with Gasteiger partial charge in [0.2, 0.25) is 0 Å². The minimum atomic E-state index is 0.0666. The number of alkyl halides is 1. The van der Waals surface area contributed by atoms with E-state index >= 15 is 0 Å². The highest BCUT2D eigenvalue weighted by molar-refractivity contribution is 14.1. The van der Waals surface area contributed by atoms with Crippen LogP contribution in [0.3, 0.4) is 0 Å². The average molecular weight is 228 g/mol. The van der Waals surface area contributed by atoms with Gasteiger partial charge >= 0.3 is 0 Å². The molecule has 1 aliphatic heterocycles. The minimum Gasteiger partial charge on any atom is -0.349 e. The molecule has 1 saturated heterocycles. The zero-order valence-electron chi connectivity index (χ0n) is 4.76. The maximum atomic E-state index is 5.27. The number of rotatable bonds is 1. The molecule has 0 aromatic heterocycles. The van der Waals surface area contributed by atoms with Crippen molar-refractivity contribution < 1.29 is 9.47 Å². The summed E-state index contributed by atoms with van der Waals surface area (Å²) in [5.74, 6) is 0. The van der Waals surface area contributed by atoms with Gasteiger partial charge in [-0.3, -0.25) is 0 Å². The molecule has 1 rings (SSSR count). The lowest BCUT2D eigenvalue weighted by Gasteiger charge is -2.02. The second-order valence-corrected chi connectivity index (χ2v) is 3.11. The smallest absolute Gasteiger partial charge is 0.159 e. The Hall–Kier alpha value is 0.650. The first-order valence-electron chi connectivity index (χ1n) is 2.74. The molecule has 0 aromatic rings. The van der Waals surface area contributed by atoms with Gasteiger partial charge in [0.1, 0.15) is 4.11 Å². The normalized spacial score (nSPS) is 38.2. The largest absolute Gasteiger partial charge is 0.349 e. The first-order chi connectivity index (χ1) is 3.83. The average Bonchev–Trinajstić information content (AvgIpc) is 2.14. The van der Waals surface area contributed by atoms with Gasteiger partial charge in [0, 0.05) is 0 Å². The maximum absolute atomic E-state index is 5.27. The summed E-state index contributed by atoms with van der Waals surface area (Å²) >= 11 is 2.22. The van der Waals surface area contributed by atoms with Gasteiger partial charge in [-0.15, -0.1) is 0 Å². The van der Waals surface area contributed by atoms with Crippen molar-refractivity contribution in [3.8, 4) is 0 Å². The Morgan fingerprint density at radius 1 is 1.75 bits per heavy atom. The molecule has 0 spiro atoms. The lowest BCUT2D eigenvalue weighted by molar-refractivity contribution is -0.0452. The Bertz CT molecular complexity index is 76.8. The Labute approximate surface area is 62.7 Å². The van der Waals surface area contributed by atoms with E-state index in [2.05, 4.69) is 29.5 Å². The number of hydrogen-bond acceptors (Lipinski definition) is 2. The van der Waals surface area contributed by atoms with Crippen LogP contribution in [0.2, 0.25) is 0 Å². The molecule has 0 N–H and O–H groups in total. The van der Waals surface area contributed by atoms with Crippen molar-refractivity contribution in [1.82, 2.24) is 0 Å². The van der Waals surface area contributed by atoms with Gasteiger partial charge in [0.05, 0.1) is 6.61 Å². The highest BCUT2D eigenvalue weighted by atomic mass is 127. The van der Waals surface area contributed by atoms with E-state index < -0.39 is 0 Å². The van der Waals surface area contributed by atoms with E-state index in [-0.39, 0.29) is 10.4 Å². The van der Waals surface area contributed by atoms with Crippen molar-refractivity contribution in [3.63, 3.8) is 0 Å². The highest BCUT2D eigenvalue weighted by Crippen LogP contribution is 2.18. The second kappa shape index (κ2) is 2.98. The Morgan fingerprint density at radius 3 is 2.75 bits per heavy atom. The van der Waals surface area contributed by atoms with E-state index in [0.29, 0.717) is 0 Å². The van der Waals surface area contributed by atoms with E-state index in [9.17, 15) is 0 Å². The summed E-state index contributed by atoms with van der Waals surface area (Å²) in [6.45, 7) is 2.80. The molecule has 2 atom stereocenters. The first kappa shape index (κ1) is 6.77. The van der Waals surface area contributed by atoms with Crippen LogP contribution in [0.15, 0.2) is 0 Å². The molecule has 0 bridgehead atoms. The van der Waals surface area contributed by atoms with Crippen LogP contribution in [0.5, 0.6) is 0 Å². The van der Waals surface area contributed by atoms with Gasteiger partial charge in [-0.05, 0) is 29.0 Å². The van der Waals surface area contributed by atoms with Crippen LogP contribution >= 0.6 is 22.6 Å². The molecule has 0 amide bonds. The van der Waals surface area contributed by atoms with Crippen LogP contribution in [0.1, 0.15) is 13.3 Å². The third-order valence-electron chi connectivity index (χ3n) is 1.05. The van der Waals surface area contributed by atoms with Gasteiger partial charge < -0.3 is 9.47 Å². The summed E-state index contributed by atoms with van der Waals surface area (Å²) in [5, 5.41) is 0. The lowest BCUT2D eigenvalue weighted by Crippen LogP contribution is -2.05. The third-order valence-corrected chi connectivity index (χ3v) is 1.70. The molecule has 48 valence electrons. The van der Waals surface area contributed by atoms with E-state index in [1.54, 1.807) is 0 Å². The lowest BCUT2D eigenvalue weighted by atomic mass is 10.5. The van der Waals surface area contributed by atoms with E-state index in [0.717, 1.165) is 13.0 Å². The zero-order chi connectivity index (χ0) is 5.98. The van der Waals surface area contributed by atoms with E-state index in [1.807, 2.05) is 0 Å². The maximum Gasteiger partial charge on any atom is 0.159 e. The van der Waals surface area contributed by atoms with Gasteiger partial charge in [-0.1, -0.05) is 6.92 Å². The SMILES string of the molecule is CCC1OCC(I)O1. The molecule has 0 aliphatic carbocycles. The zero-order valence-corrected chi connectivity index (χ0v) is 6.92. The molecule has 2 unspecified atom stereocenters. The number of halogens is 1. The standard InChI is InChI=1S/C5H9IO2/c1-2-5-7-3-4(6)8-5/h4-5H,2-3H2,1H3. The van der Waals surface area contributed by atoms with Gasteiger partial charge in [-0.2, -0.15) is 0 Å². The van der Waals surface area contributed by atoms with Crippen molar-refractivity contribution >= 4 is 22.6 Å². The molecule has 1 heterocycles. The summed E-state index contributed by atoms with van der Waals surface area (Å²) in [7, 11) is 0. The van der Waals surface area contributed by atoms with Crippen molar-refractivity contribution in [3.05, 3.63) is 0 Å². The second-order valence-electron chi connectivity index (χ2n) is 1.72. The fourth-order valence-corrected chi connectivity index (χ4v) is 1.18. The van der Waals surface area contributed by atoms with Gasteiger partial charge in [0.25, 0.3) is 0 Å². The topological polar surface area (TPSA) is 18.5 Å². The van der Waals surface area contributed by atoms with Crippen LogP contribution in [-0.2, 0) is 9.47 Å². The van der Waals surface area contributed by atoms with Crippen molar-refractivity contribution in [1.29, 1.82) is 0 Å². The fraction of sp³-hybridized carbons (Fsp3) is 1.00. The molecule has 1 aliphatic rings. The highest BCUT2D eigenvalue weighted by Gasteiger charge is 2.20.